The largest absolute Gasteiger partial charge is 0.494 e. The average Bonchev–Trinajstić information content (AvgIpc) is 2.63. The second kappa shape index (κ2) is 3.55. The highest BCUT2D eigenvalue weighted by atomic mass is 32.1. The second-order valence-electron chi connectivity index (χ2n) is 3.07. The van der Waals surface area contributed by atoms with Crippen molar-refractivity contribution in [3.63, 3.8) is 0 Å². The maximum atomic E-state index is 5.56. The molecule has 0 aliphatic rings. The van der Waals surface area contributed by atoms with Crippen LogP contribution in [0.15, 0.2) is 12.1 Å². The Morgan fingerprint density at radius 2 is 2.29 bits per heavy atom. The van der Waals surface area contributed by atoms with E-state index in [9.17, 15) is 0 Å². The number of methoxy groups -OCH3 is 1. The first-order valence-corrected chi connectivity index (χ1v) is 5.21. The van der Waals surface area contributed by atoms with Crippen LogP contribution in [0.4, 0.5) is 0 Å². The van der Waals surface area contributed by atoms with Gasteiger partial charge in [-0.25, -0.2) is 4.98 Å². The first-order valence-electron chi connectivity index (χ1n) is 4.39. The molecule has 0 spiro atoms. The topological polar surface area (TPSA) is 48.1 Å². The molecule has 2 N–H and O–H groups in total. The number of hydrogen-bond acceptors (Lipinski definition) is 4. The van der Waals surface area contributed by atoms with E-state index in [4.69, 9.17) is 10.5 Å². The van der Waals surface area contributed by atoms with E-state index in [1.54, 1.807) is 18.4 Å². The van der Waals surface area contributed by atoms with Gasteiger partial charge >= 0.3 is 0 Å². The van der Waals surface area contributed by atoms with Crippen LogP contribution in [0.3, 0.4) is 0 Å². The van der Waals surface area contributed by atoms with Crippen molar-refractivity contribution in [3.8, 4) is 5.75 Å². The van der Waals surface area contributed by atoms with Crippen molar-refractivity contribution in [1.29, 1.82) is 0 Å². The fourth-order valence-corrected chi connectivity index (χ4v) is 2.33. The van der Waals surface area contributed by atoms with Crippen molar-refractivity contribution in [2.24, 2.45) is 5.73 Å². The van der Waals surface area contributed by atoms with Gasteiger partial charge < -0.3 is 10.5 Å². The summed E-state index contributed by atoms with van der Waals surface area (Å²) in [6.07, 6.45) is 0. The maximum Gasteiger partial charge on any atom is 0.145 e. The van der Waals surface area contributed by atoms with Crippen molar-refractivity contribution in [1.82, 2.24) is 4.98 Å². The highest BCUT2D eigenvalue weighted by Crippen LogP contribution is 2.32. The van der Waals surface area contributed by atoms with E-state index in [1.165, 1.54) is 10.3 Å². The number of nitrogens with two attached hydrogens (primary N) is 1. The highest BCUT2D eigenvalue weighted by Gasteiger charge is 2.09. The molecule has 0 atom stereocenters. The molecule has 4 heteroatoms. The van der Waals surface area contributed by atoms with Crippen LogP contribution < -0.4 is 10.5 Å². The van der Waals surface area contributed by atoms with Crippen molar-refractivity contribution in [2.45, 2.75) is 13.5 Å². The van der Waals surface area contributed by atoms with E-state index in [0.29, 0.717) is 6.54 Å². The summed E-state index contributed by atoms with van der Waals surface area (Å²) in [6, 6.07) is 3.98. The van der Waals surface area contributed by atoms with Gasteiger partial charge in [0.2, 0.25) is 0 Å². The van der Waals surface area contributed by atoms with E-state index >= 15 is 0 Å². The van der Waals surface area contributed by atoms with Crippen LogP contribution in [-0.4, -0.2) is 12.1 Å². The minimum Gasteiger partial charge on any atom is -0.494 e. The quantitative estimate of drug-likeness (QED) is 0.822. The highest BCUT2D eigenvalue weighted by molar-refractivity contribution is 7.18. The summed E-state index contributed by atoms with van der Waals surface area (Å²) in [5, 5.41) is 0.951. The Bertz CT molecular complexity index is 464. The SMILES string of the molecule is COc1ccc(C)c2sc(CN)nc12. The van der Waals surface area contributed by atoms with Crippen LogP contribution in [0.25, 0.3) is 10.2 Å². The van der Waals surface area contributed by atoms with Crippen LogP contribution in [0.1, 0.15) is 10.6 Å². The van der Waals surface area contributed by atoms with Gasteiger partial charge in [-0.1, -0.05) is 6.07 Å². The van der Waals surface area contributed by atoms with Crippen LogP contribution >= 0.6 is 11.3 Å². The number of ether oxygens (including phenoxy) is 1. The Kier molecular flexibility index (Phi) is 2.39. The summed E-state index contributed by atoms with van der Waals surface area (Å²) in [4.78, 5) is 4.43. The van der Waals surface area contributed by atoms with E-state index < -0.39 is 0 Å². The lowest BCUT2D eigenvalue weighted by Crippen LogP contribution is -1.94. The van der Waals surface area contributed by atoms with Crippen LogP contribution in [0.5, 0.6) is 5.75 Å². The molecular formula is C10H12N2OS. The maximum absolute atomic E-state index is 5.56. The van der Waals surface area contributed by atoms with Gasteiger partial charge in [0.25, 0.3) is 0 Å². The predicted octanol–water partition coefficient (Wildman–Crippen LogP) is 2.07. The fourth-order valence-electron chi connectivity index (χ4n) is 1.41. The number of aryl methyl sites for hydroxylation is 1. The summed E-state index contributed by atoms with van der Waals surface area (Å²) in [6.45, 7) is 2.56. The number of fused-ring (bicyclic) bond motifs is 1. The minimum atomic E-state index is 0.488. The van der Waals surface area contributed by atoms with E-state index in [2.05, 4.69) is 11.9 Å². The fraction of sp³-hybridized carbons (Fsp3) is 0.300. The molecule has 0 radical (unpaired) electrons. The second-order valence-corrected chi connectivity index (χ2v) is 4.16. The molecule has 0 bridgehead atoms. The Balaban J connectivity index is 2.74. The molecule has 1 aromatic heterocycles. The lowest BCUT2D eigenvalue weighted by atomic mass is 10.2. The number of aromatic nitrogens is 1. The molecule has 0 aliphatic carbocycles. The Labute approximate surface area is 86.5 Å². The van der Waals surface area contributed by atoms with Crippen LogP contribution in [0, 0.1) is 6.92 Å². The van der Waals surface area contributed by atoms with Crippen molar-refractivity contribution >= 4 is 21.6 Å². The zero-order valence-electron chi connectivity index (χ0n) is 8.20. The third kappa shape index (κ3) is 1.36. The van der Waals surface area contributed by atoms with Gasteiger partial charge in [-0.2, -0.15) is 0 Å². The standard InChI is InChI=1S/C10H12N2OS/c1-6-3-4-7(13-2)9-10(6)14-8(5-11)12-9/h3-4H,5,11H2,1-2H3. The third-order valence-electron chi connectivity index (χ3n) is 2.14. The molecule has 0 saturated heterocycles. The Morgan fingerprint density at radius 3 is 2.93 bits per heavy atom. The molecule has 2 aromatic rings. The van der Waals surface area contributed by atoms with E-state index in [1.807, 2.05) is 12.1 Å². The van der Waals surface area contributed by atoms with Crippen LogP contribution in [0.2, 0.25) is 0 Å². The molecular weight excluding hydrogens is 196 g/mol. The van der Waals surface area contributed by atoms with Gasteiger partial charge in [-0.05, 0) is 18.6 Å². The molecule has 14 heavy (non-hydrogen) atoms. The number of benzene rings is 1. The van der Waals surface area contributed by atoms with Gasteiger partial charge in [-0.15, -0.1) is 11.3 Å². The zero-order chi connectivity index (χ0) is 10.1. The molecule has 0 aliphatic heterocycles. The molecule has 0 unspecified atom stereocenters. The predicted molar refractivity (Wildman–Crippen MR) is 58.8 cm³/mol. The lowest BCUT2D eigenvalue weighted by molar-refractivity contribution is 0.419. The van der Waals surface area contributed by atoms with Gasteiger partial charge in [0.15, 0.2) is 0 Å². The molecule has 3 nitrogen and oxygen atoms in total. The molecule has 1 heterocycles. The zero-order valence-corrected chi connectivity index (χ0v) is 9.02. The summed E-state index contributed by atoms with van der Waals surface area (Å²) in [5.74, 6) is 0.821. The molecule has 0 amide bonds. The summed E-state index contributed by atoms with van der Waals surface area (Å²) in [7, 11) is 1.66. The third-order valence-corrected chi connectivity index (χ3v) is 3.36. The minimum absolute atomic E-state index is 0.488. The van der Waals surface area contributed by atoms with Crippen LogP contribution in [-0.2, 0) is 6.54 Å². The van der Waals surface area contributed by atoms with Gasteiger partial charge in [0, 0.05) is 6.54 Å². The Morgan fingerprint density at radius 1 is 1.50 bits per heavy atom. The molecule has 1 aromatic carbocycles. The smallest absolute Gasteiger partial charge is 0.145 e. The number of thiazole rings is 1. The van der Waals surface area contributed by atoms with Crippen molar-refractivity contribution < 1.29 is 4.74 Å². The molecule has 0 saturated carbocycles. The molecule has 74 valence electrons. The van der Waals surface area contributed by atoms with Crippen molar-refractivity contribution in [2.75, 3.05) is 7.11 Å². The van der Waals surface area contributed by atoms with Gasteiger partial charge in [0.05, 0.1) is 11.8 Å². The van der Waals surface area contributed by atoms with Crippen molar-refractivity contribution in [3.05, 3.63) is 22.7 Å². The monoisotopic (exact) mass is 208 g/mol. The number of rotatable bonds is 2. The summed E-state index contributed by atoms with van der Waals surface area (Å²) < 4.78 is 6.41. The number of hydrogen-bond donors (Lipinski definition) is 1. The first kappa shape index (κ1) is 9.43. The van der Waals surface area contributed by atoms with Gasteiger partial charge in [0.1, 0.15) is 16.3 Å². The first-order chi connectivity index (χ1) is 6.76. The summed E-state index contributed by atoms with van der Waals surface area (Å²) >= 11 is 1.64. The summed E-state index contributed by atoms with van der Waals surface area (Å²) in [5.41, 5.74) is 7.71. The van der Waals surface area contributed by atoms with E-state index in [-0.39, 0.29) is 0 Å². The average molecular weight is 208 g/mol. The van der Waals surface area contributed by atoms with Gasteiger partial charge in [-0.3, -0.25) is 0 Å². The number of nitrogens with zero attached hydrogens (tertiary/aromatic N) is 1. The normalized spacial score (nSPS) is 10.8. The Hall–Kier alpha value is -1.13. The molecule has 0 fully saturated rings. The molecule has 2 rings (SSSR count). The van der Waals surface area contributed by atoms with E-state index in [0.717, 1.165) is 16.3 Å². The lowest BCUT2D eigenvalue weighted by Gasteiger charge is -2.01.